The Morgan fingerprint density at radius 3 is 2.26 bits per heavy atom. The Kier molecular flexibility index (Phi) is 5.17. The van der Waals surface area contributed by atoms with Gasteiger partial charge in [-0.3, -0.25) is 10.1 Å². The SMILES string of the molecule is CC(=O)CCCCS(=O)(=O)c1ccc([N+](=O)[O-])cc1. The van der Waals surface area contributed by atoms with Crippen LogP contribution in [0, 0.1) is 10.1 Å². The van der Waals surface area contributed by atoms with Crippen molar-refractivity contribution in [2.75, 3.05) is 5.75 Å². The summed E-state index contributed by atoms with van der Waals surface area (Å²) in [5.74, 6) is -0.0225. The van der Waals surface area contributed by atoms with Gasteiger partial charge in [0.05, 0.1) is 15.6 Å². The summed E-state index contributed by atoms with van der Waals surface area (Å²) in [5.41, 5.74) is -0.143. The summed E-state index contributed by atoms with van der Waals surface area (Å²) in [6.45, 7) is 1.46. The first-order chi connectivity index (χ1) is 8.83. The molecule has 0 N–H and O–H groups in total. The Bertz CT molecular complexity index is 562. The van der Waals surface area contributed by atoms with Crippen LogP contribution in [0.15, 0.2) is 29.2 Å². The van der Waals surface area contributed by atoms with Crippen molar-refractivity contribution in [2.24, 2.45) is 0 Å². The quantitative estimate of drug-likeness (QED) is 0.434. The Morgan fingerprint density at radius 2 is 1.79 bits per heavy atom. The zero-order chi connectivity index (χ0) is 14.5. The number of unbranched alkanes of at least 4 members (excludes halogenated alkanes) is 1. The molecule has 1 aromatic carbocycles. The van der Waals surface area contributed by atoms with Crippen molar-refractivity contribution >= 4 is 21.3 Å². The van der Waals surface area contributed by atoms with Gasteiger partial charge in [-0.05, 0) is 31.9 Å². The summed E-state index contributed by atoms with van der Waals surface area (Å²) >= 11 is 0. The monoisotopic (exact) mass is 285 g/mol. The smallest absolute Gasteiger partial charge is 0.269 e. The van der Waals surface area contributed by atoms with E-state index in [0.717, 1.165) is 0 Å². The summed E-state index contributed by atoms with van der Waals surface area (Å²) in [4.78, 5) is 20.7. The van der Waals surface area contributed by atoms with Crippen LogP contribution in [0.4, 0.5) is 5.69 Å². The van der Waals surface area contributed by atoms with E-state index in [-0.39, 0.29) is 22.1 Å². The molecule has 6 nitrogen and oxygen atoms in total. The number of hydrogen-bond donors (Lipinski definition) is 0. The number of nitrogens with zero attached hydrogens (tertiary/aromatic N) is 1. The van der Waals surface area contributed by atoms with Crippen LogP contribution in [0.3, 0.4) is 0 Å². The fourth-order valence-electron chi connectivity index (χ4n) is 1.56. The number of benzene rings is 1. The van der Waals surface area contributed by atoms with Gasteiger partial charge in [0.25, 0.3) is 5.69 Å². The third-order valence-corrected chi connectivity index (χ3v) is 4.42. The molecule has 1 rings (SSSR count). The lowest BCUT2D eigenvalue weighted by atomic mass is 10.2. The van der Waals surface area contributed by atoms with Crippen molar-refractivity contribution in [3.8, 4) is 0 Å². The van der Waals surface area contributed by atoms with E-state index in [1.807, 2.05) is 0 Å². The number of nitro groups is 1. The largest absolute Gasteiger partial charge is 0.300 e. The van der Waals surface area contributed by atoms with Gasteiger partial charge in [-0.1, -0.05) is 0 Å². The van der Waals surface area contributed by atoms with Gasteiger partial charge in [0.15, 0.2) is 9.84 Å². The van der Waals surface area contributed by atoms with E-state index in [0.29, 0.717) is 19.3 Å². The molecule has 7 heteroatoms. The molecule has 0 saturated carbocycles. The van der Waals surface area contributed by atoms with Gasteiger partial charge in [0.1, 0.15) is 5.78 Å². The summed E-state index contributed by atoms with van der Waals surface area (Å²) in [6, 6.07) is 4.81. The highest BCUT2D eigenvalue weighted by atomic mass is 32.2. The van der Waals surface area contributed by atoms with Gasteiger partial charge in [-0.25, -0.2) is 8.42 Å². The molecule has 0 bridgehead atoms. The molecule has 0 fully saturated rings. The molecule has 0 aliphatic rings. The van der Waals surface area contributed by atoms with Crippen molar-refractivity contribution in [1.29, 1.82) is 0 Å². The van der Waals surface area contributed by atoms with E-state index in [1.54, 1.807) is 0 Å². The second kappa shape index (κ2) is 6.42. The summed E-state index contributed by atoms with van der Waals surface area (Å²) in [6.07, 6.45) is 1.30. The predicted molar refractivity (Wildman–Crippen MR) is 69.7 cm³/mol. The fraction of sp³-hybridized carbons (Fsp3) is 0.417. The van der Waals surface area contributed by atoms with Crippen LogP contribution < -0.4 is 0 Å². The topological polar surface area (TPSA) is 94.3 Å². The normalized spacial score (nSPS) is 11.2. The van der Waals surface area contributed by atoms with Gasteiger partial charge in [-0.15, -0.1) is 0 Å². The lowest BCUT2D eigenvalue weighted by molar-refractivity contribution is -0.384. The molecule has 104 valence electrons. The molecule has 0 unspecified atom stereocenters. The van der Waals surface area contributed by atoms with E-state index in [2.05, 4.69) is 0 Å². The van der Waals surface area contributed by atoms with E-state index in [1.165, 1.54) is 31.2 Å². The number of rotatable bonds is 7. The molecule has 0 atom stereocenters. The number of nitro benzene ring substituents is 1. The maximum atomic E-state index is 11.9. The highest BCUT2D eigenvalue weighted by Crippen LogP contribution is 2.18. The van der Waals surface area contributed by atoms with Crippen LogP contribution in [-0.4, -0.2) is 24.9 Å². The minimum atomic E-state index is -3.43. The summed E-state index contributed by atoms with van der Waals surface area (Å²) in [7, 11) is -3.43. The zero-order valence-corrected chi connectivity index (χ0v) is 11.4. The van der Waals surface area contributed by atoms with Crippen molar-refractivity contribution in [1.82, 2.24) is 0 Å². The van der Waals surface area contributed by atoms with Crippen LogP contribution in [0.2, 0.25) is 0 Å². The van der Waals surface area contributed by atoms with Crippen molar-refractivity contribution in [2.45, 2.75) is 31.1 Å². The molecular weight excluding hydrogens is 270 g/mol. The highest BCUT2D eigenvalue weighted by Gasteiger charge is 2.15. The van der Waals surface area contributed by atoms with Crippen LogP contribution in [0.1, 0.15) is 26.2 Å². The van der Waals surface area contributed by atoms with Gasteiger partial charge in [0, 0.05) is 18.6 Å². The third kappa shape index (κ3) is 4.78. The lowest BCUT2D eigenvalue weighted by Crippen LogP contribution is -2.07. The fourth-order valence-corrected chi connectivity index (χ4v) is 2.93. The van der Waals surface area contributed by atoms with Gasteiger partial charge < -0.3 is 4.79 Å². The first-order valence-electron chi connectivity index (χ1n) is 5.79. The Morgan fingerprint density at radius 1 is 1.21 bits per heavy atom. The van der Waals surface area contributed by atoms with Crippen molar-refractivity contribution in [3.63, 3.8) is 0 Å². The molecule has 0 saturated heterocycles. The Balaban J connectivity index is 2.66. The first kappa shape index (κ1) is 15.3. The van der Waals surface area contributed by atoms with E-state index >= 15 is 0 Å². The average Bonchev–Trinajstić information content (AvgIpc) is 2.34. The number of Topliss-reactive ketones (excluding diaryl/α,β-unsaturated/α-hetero) is 1. The van der Waals surface area contributed by atoms with E-state index < -0.39 is 14.8 Å². The minimum absolute atomic E-state index is 0.0349. The average molecular weight is 285 g/mol. The van der Waals surface area contributed by atoms with Gasteiger partial charge in [0.2, 0.25) is 0 Å². The number of non-ortho nitro benzene ring substituents is 1. The molecule has 0 aliphatic heterocycles. The van der Waals surface area contributed by atoms with Crippen LogP contribution in [0.5, 0.6) is 0 Å². The molecular formula is C12H15NO5S. The molecule has 0 aliphatic carbocycles. The van der Waals surface area contributed by atoms with Crippen molar-refractivity contribution in [3.05, 3.63) is 34.4 Å². The van der Waals surface area contributed by atoms with Gasteiger partial charge in [-0.2, -0.15) is 0 Å². The minimum Gasteiger partial charge on any atom is -0.300 e. The maximum absolute atomic E-state index is 11.9. The molecule has 0 radical (unpaired) electrons. The molecule has 0 aromatic heterocycles. The molecule has 0 spiro atoms. The van der Waals surface area contributed by atoms with E-state index in [4.69, 9.17) is 0 Å². The lowest BCUT2D eigenvalue weighted by Gasteiger charge is -2.03. The Hall–Kier alpha value is -1.76. The maximum Gasteiger partial charge on any atom is 0.269 e. The second-order valence-electron chi connectivity index (χ2n) is 4.23. The third-order valence-electron chi connectivity index (χ3n) is 2.60. The number of sulfone groups is 1. The Labute approximate surface area is 111 Å². The van der Waals surface area contributed by atoms with Gasteiger partial charge >= 0.3 is 0 Å². The van der Waals surface area contributed by atoms with Crippen LogP contribution in [-0.2, 0) is 14.6 Å². The molecule has 0 heterocycles. The van der Waals surface area contributed by atoms with Crippen molar-refractivity contribution < 1.29 is 18.1 Å². The van der Waals surface area contributed by atoms with E-state index in [9.17, 15) is 23.3 Å². The summed E-state index contributed by atoms with van der Waals surface area (Å²) < 4.78 is 23.8. The molecule has 0 amide bonds. The van der Waals surface area contributed by atoms with Crippen LogP contribution in [0.25, 0.3) is 0 Å². The number of hydrogen-bond acceptors (Lipinski definition) is 5. The first-order valence-corrected chi connectivity index (χ1v) is 7.45. The second-order valence-corrected chi connectivity index (χ2v) is 6.34. The predicted octanol–water partition coefficient (Wildman–Crippen LogP) is 2.13. The van der Waals surface area contributed by atoms with Crippen LogP contribution >= 0.6 is 0 Å². The standard InChI is InChI=1S/C12H15NO5S/c1-10(14)4-2-3-9-19(17,18)12-7-5-11(6-8-12)13(15)16/h5-8H,2-4,9H2,1H3. The number of carbonyl (C=O) groups is 1. The molecule has 19 heavy (non-hydrogen) atoms. The number of carbonyl (C=O) groups excluding carboxylic acids is 1. The molecule has 1 aromatic rings. The zero-order valence-electron chi connectivity index (χ0n) is 10.5. The summed E-state index contributed by atoms with van der Waals surface area (Å²) in [5, 5.41) is 10.5. The number of ketones is 1. The highest BCUT2D eigenvalue weighted by molar-refractivity contribution is 7.91.